The predicted molar refractivity (Wildman–Crippen MR) is 139 cm³/mol. The van der Waals surface area contributed by atoms with E-state index in [-0.39, 0.29) is 29.5 Å². The van der Waals surface area contributed by atoms with Gasteiger partial charge in [0.25, 0.3) is 17.5 Å². The third-order valence-corrected chi connectivity index (χ3v) is 5.58. The van der Waals surface area contributed by atoms with Crippen LogP contribution < -0.4 is 15.4 Å². The largest absolute Gasteiger partial charge is 0.483 e. The molecule has 0 fully saturated rings. The molecule has 0 unspecified atom stereocenters. The van der Waals surface area contributed by atoms with Crippen LogP contribution in [0.3, 0.4) is 0 Å². The van der Waals surface area contributed by atoms with Gasteiger partial charge in [0.05, 0.1) is 9.40 Å². The van der Waals surface area contributed by atoms with Crippen LogP contribution in [0.15, 0.2) is 70.7 Å². The molecule has 182 valence electrons. The van der Waals surface area contributed by atoms with Crippen LogP contribution in [0.4, 0.5) is 17.1 Å². The lowest BCUT2D eigenvalue weighted by molar-refractivity contribution is -0.384. The molecule has 0 saturated carbocycles. The summed E-state index contributed by atoms with van der Waals surface area (Å²) in [6, 6.07) is 17.8. The summed E-state index contributed by atoms with van der Waals surface area (Å²) in [5.41, 5.74) is 3.09. The molecule has 0 heterocycles. The maximum atomic E-state index is 12.5. The number of amides is 2. The Hall–Kier alpha value is -4.49. The Morgan fingerprint density at radius 2 is 1.89 bits per heavy atom. The van der Waals surface area contributed by atoms with Crippen molar-refractivity contribution < 1.29 is 19.2 Å². The lowest BCUT2D eigenvalue weighted by Crippen LogP contribution is -2.20. The number of hydrogen-bond acceptors (Lipinski definition) is 6. The fourth-order valence-electron chi connectivity index (χ4n) is 3.22. The van der Waals surface area contributed by atoms with Crippen molar-refractivity contribution >= 4 is 50.9 Å². The highest BCUT2D eigenvalue weighted by atomic mass is 79.9. The molecule has 0 aromatic heterocycles. The number of hydrogen-bond donors (Lipinski definition) is 2. The van der Waals surface area contributed by atoms with Crippen molar-refractivity contribution in [1.82, 2.24) is 0 Å². The molecule has 2 N–H and O–H groups in total. The number of anilines is 2. The topological polar surface area (TPSA) is 134 Å². The Bertz CT molecular complexity index is 1410. The molecule has 0 aliphatic heterocycles. The van der Waals surface area contributed by atoms with Crippen LogP contribution in [0.1, 0.15) is 16.7 Å². The lowest BCUT2D eigenvalue weighted by Gasteiger charge is -2.11. The van der Waals surface area contributed by atoms with E-state index in [1.165, 1.54) is 30.3 Å². The quantitative estimate of drug-likeness (QED) is 0.164. The number of rotatable bonds is 8. The number of carbonyl (C=O) groups is 2. The molecule has 0 bridgehead atoms. The van der Waals surface area contributed by atoms with Crippen LogP contribution in [0.5, 0.6) is 5.75 Å². The maximum Gasteiger partial charge on any atom is 0.271 e. The summed E-state index contributed by atoms with van der Waals surface area (Å²) in [6.45, 7) is 3.67. The zero-order valence-corrected chi connectivity index (χ0v) is 21.0. The molecule has 0 spiro atoms. The van der Waals surface area contributed by atoms with Crippen molar-refractivity contribution in [3.8, 4) is 11.8 Å². The summed E-state index contributed by atoms with van der Waals surface area (Å²) in [7, 11) is 0. The first-order valence-electron chi connectivity index (χ1n) is 10.6. The average Bonchev–Trinajstić information content (AvgIpc) is 2.83. The Kier molecular flexibility index (Phi) is 8.54. The van der Waals surface area contributed by atoms with Crippen LogP contribution in [-0.2, 0) is 9.59 Å². The minimum Gasteiger partial charge on any atom is -0.483 e. The number of aryl methyl sites for hydroxylation is 2. The number of nitro benzene ring substituents is 1. The number of nitrogens with zero attached hydrogens (tertiary/aromatic N) is 2. The maximum absolute atomic E-state index is 12.5. The normalized spacial score (nSPS) is 10.8. The van der Waals surface area contributed by atoms with E-state index in [1.54, 1.807) is 18.2 Å². The van der Waals surface area contributed by atoms with Crippen LogP contribution >= 0.6 is 15.9 Å². The smallest absolute Gasteiger partial charge is 0.271 e. The van der Waals surface area contributed by atoms with Gasteiger partial charge in [0.1, 0.15) is 17.4 Å². The van der Waals surface area contributed by atoms with Gasteiger partial charge in [-0.2, -0.15) is 5.26 Å². The van der Waals surface area contributed by atoms with E-state index in [0.29, 0.717) is 21.5 Å². The highest BCUT2D eigenvalue weighted by Gasteiger charge is 2.13. The summed E-state index contributed by atoms with van der Waals surface area (Å²) in [5.74, 6) is -0.623. The molecule has 3 rings (SSSR count). The molecule has 0 radical (unpaired) electrons. The number of ether oxygens (including phenoxy) is 1. The Morgan fingerprint density at radius 1 is 1.11 bits per heavy atom. The molecule has 0 aliphatic carbocycles. The molecule has 36 heavy (non-hydrogen) atoms. The second-order valence-electron chi connectivity index (χ2n) is 7.78. The monoisotopic (exact) mass is 548 g/mol. The predicted octanol–water partition coefficient (Wildman–Crippen LogP) is 5.54. The van der Waals surface area contributed by atoms with Gasteiger partial charge in [-0.05, 0) is 71.2 Å². The Labute approximate surface area is 215 Å². The fraction of sp³-hybridized carbons (Fsp3) is 0.115. The average molecular weight is 549 g/mol. The van der Waals surface area contributed by atoms with Crippen LogP contribution in [-0.4, -0.2) is 23.3 Å². The molecular formula is C26H21BrN4O5. The van der Waals surface area contributed by atoms with E-state index in [0.717, 1.165) is 11.1 Å². The molecule has 3 aromatic carbocycles. The number of nitrogens with one attached hydrogen (secondary N) is 2. The first-order valence-corrected chi connectivity index (χ1v) is 11.4. The standard InChI is InChI=1S/C26H21BrN4O5/c1-16-6-8-23(17(2)10-16)30-25(32)15-36-24-9-7-18(12-22(24)27)11-19(14-28)26(33)29-20-4-3-5-21(13-20)31(34)35/h3-13H,15H2,1-2H3,(H,29,33)(H,30,32)/b19-11-. The van der Waals surface area contributed by atoms with Crippen molar-refractivity contribution in [2.75, 3.05) is 17.2 Å². The highest BCUT2D eigenvalue weighted by Crippen LogP contribution is 2.27. The lowest BCUT2D eigenvalue weighted by atomic mass is 10.1. The van der Waals surface area contributed by atoms with E-state index >= 15 is 0 Å². The van der Waals surface area contributed by atoms with E-state index in [1.807, 2.05) is 38.1 Å². The number of halogens is 1. The summed E-state index contributed by atoms with van der Waals surface area (Å²) in [4.78, 5) is 35.1. The Morgan fingerprint density at radius 3 is 2.56 bits per heavy atom. The Balaban J connectivity index is 1.65. The van der Waals surface area contributed by atoms with Gasteiger partial charge >= 0.3 is 0 Å². The third-order valence-electron chi connectivity index (χ3n) is 4.96. The number of carbonyl (C=O) groups excluding carboxylic acids is 2. The number of nitro groups is 1. The van der Waals surface area contributed by atoms with Crippen LogP contribution in [0, 0.1) is 35.3 Å². The van der Waals surface area contributed by atoms with Crippen molar-refractivity contribution in [1.29, 1.82) is 5.26 Å². The second kappa shape index (κ2) is 11.8. The highest BCUT2D eigenvalue weighted by molar-refractivity contribution is 9.10. The number of nitriles is 1. The van der Waals surface area contributed by atoms with E-state index in [9.17, 15) is 25.0 Å². The number of benzene rings is 3. The van der Waals surface area contributed by atoms with E-state index < -0.39 is 10.8 Å². The van der Waals surface area contributed by atoms with Gasteiger partial charge in [0.15, 0.2) is 6.61 Å². The van der Waals surface area contributed by atoms with Gasteiger partial charge < -0.3 is 15.4 Å². The van der Waals surface area contributed by atoms with Gasteiger partial charge in [-0.1, -0.05) is 29.8 Å². The first-order chi connectivity index (χ1) is 17.2. The molecule has 2 amide bonds. The number of non-ortho nitro benzene ring substituents is 1. The van der Waals surface area contributed by atoms with Gasteiger partial charge in [-0.25, -0.2) is 0 Å². The molecule has 0 atom stereocenters. The van der Waals surface area contributed by atoms with Crippen molar-refractivity contribution in [2.45, 2.75) is 13.8 Å². The zero-order valence-electron chi connectivity index (χ0n) is 19.4. The minimum absolute atomic E-state index is 0.183. The van der Waals surface area contributed by atoms with Gasteiger partial charge in [-0.15, -0.1) is 0 Å². The van der Waals surface area contributed by atoms with E-state index in [2.05, 4.69) is 26.6 Å². The summed E-state index contributed by atoms with van der Waals surface area (Å²) < 4.78 is 6.12. The van der Waals surface area contributed by atoms with Crippen molar-refractivity contribution in [3.05, 3.63) is 97.5 Å². The van der Waals surface area contributed by atoms with Crippen LogP contribution in [0.25, 0.3) is 6.08 Å². The molecule has 0 saturated heterocycles. The summed E-state index contributed by atoms with van der Waals surface area (Å²) in [5, 5.41) is 25.6. The van der Waals surface area contributed by atoms with E-state index in [4.69, 9.17) is 4.74 Å². The fourth-order valence-corrected chi connectivity index (χ4v) is 3.73. The summed E-state index contributed by atoms with van der Waals surface area (Å²) in [6.07, 6.45) is 1.37. The van der Waals surface area contributed by atoms with Crippen molar-refractivity contribution in [2.24, 2.45) is 0 Å². The summed E-state index contributed by atoms with van der Waals surface area (Å²) >= 11 is 3.37. The van der Waals surface area contributed by atoms with Gasteiger partial charge in [-0.3, -0.25) is 19.7 Å². The molecular weight excluding hydrogens is 528 g/mol. The van der Waals surface area contributed by atoms with Crippen LogP contribution in [0.2, 0.25) is 0 Å². The zero-order chi connectivity index (χ0) is 26.2. The van der Waals surface area contributed by atoms with Gasteiger partial charge in [0, 0.05) is 23.5 Å². The third kappa shape index (κ3) is 7.01. The SMILES string of the molecule is Cc1ccc(NC(=O)COc2ccc(/C=C(/C#N)C(=O)Nc3cccc([N+](=O)[O-])c3)cc2Br)c(C)c1. The van der Waals surface area contributed by atoms with Gasteiger partial charge in [0.2, 0.25) is 0 Å². The first kappa shape index (κ1) is 26.1. The molecule has 10 heteroatoms. The minimum atomic E-state index is -0.711. The second-order valence-corrected chi connectivity index (χ2v) is 8.63. The molecule has 3 aromatic rings. The molecule has 0 aliphatic rings. The molecule has 9 nitrogen and oxygen atoms in total. The van der Waals surface area contributed by atoms with Crippen molar-refractivity contribution in [3.63, 3.8) is 0 Å².